The molecule has 1 aromatic carbocycles. The molecule has 1 unspecified atom stereocenters. The highest BCUT2D eigenvalue weighted by Gasteiger charge is 2.17. The molecule has 0 bridgehead atoms. The maximum Gasteiger partial charge on any atom is 0.127 e. The lowest BCUT2D eigenvalue weighted by Crippen LogP contribution is -2.33. The third-order valence-electron chi connectivity index (χ3n) is 3.47. The molecule has 0 aliphatic rings. The number of hydrogen-bond acceptors (Lipinski definition) is 2. The number of halogens is 1. The maximum atomic E-state index is 14.0. The molecule has 120 valence electrons. The second-order valence-corrected chi connectivity index (χ2v) is 7.12. The third-order valence-corrected chi connectivity index (χ3v) is 3.47. The summed E-state index contributed by atoms with van der Waals surface area (Å²) in [5, 5.41) is 3.48. The largest absolute Gasteiger partial charge is 0.310 e. The quantitative estimate of drug-likeness (QED) is 0.771. The molecule has 1 aromatic rings. The first-order valence-corrected chi connectivity index (χ1v) is 8.00. The maximum absolute atomic E-state index is 14.0. The minimum absolute atomic E-state index is 0.0913. The summed E-state index contributed by atoms with van der Waals surface area (Å²) in [6, 6.07) is 7.20. The molecule has 0 aliphatic carbocycles. The van der Waals surface area contributed by atoms with Gasteiger partial charge in [0.25, 0.3) is 0 Å². The molecule has 1 N–H and O–H groups in total. The summed E-state index contributed by atoms with van der Waals surface area (Å²) in [5.74, 6) is -0.107. The molecule has 1 atom stereocenters. The summed E-state index contributed by atoms with van der Waals surface area (Å²) in [6.45, 7) is 11.8. The lowest BCUT2D eigenvalue weighted by atomic mass is 9.96. The van der Waals surface area contributed by atoms with E-state index >= 15 is 0 Å². The van der Waals surface area contributed by atoms with E-state index in [2.05, 4.69) is 45.0 Å². The first-order chi connectivity index (χ1) is 9.83. The van der Waals surface area contributed by atoms with Gasteiger partial charge in [-0.25, -0.2) is 4.39 Å². The van der Waals surface area contributed by atoms with E-state index in [0.29, 0.717) is 5.41 Å². The van der Waals surface area contributed by atoms with Crippen LogP contribution >= 0.6 is 0 Å². The summed E-state index contributed by atoms with van der Waals surface area (Å²) < 4.78 is 14.0. The summed E-state index contributed by atoms with van der Waals surface area (Å²) in [5.41, 5.74) is 1.08. The van der Waals surface area contributed by atoms with Gasteiger partial charge in [0.15, 0.2) is 0 Å². The SMILES string of the molecule is CCCNC(CCN(C)CC(C)(C)C)c1ccccc1F. The molecule has 1 rings (SSSR count). The fraction of sp³-hybridized carbons (Fsp3) is 0.667. The van der Waals surface area contributed by atoms with Crippen molar-refractivity contribution in [1.29, 1.82) is 0 Å². The van der Waals surface area contributed by atoms with Crippen molar-refractivity contribution in [3.8, 4) is 0 Å². The number of rotatable bonds is 8. The number of benzene rings is 1. The van der Waals surface area contributed by atoms with Crippen molar-refractivity contribution in [1.82, 2.24) is 10.2 Å². The molecule has 0 aromatic heterocycles. The molecule has 0 spiro atoms. The van der Waals surface area contributed by atoms with Crippen molar-refractivity contribution in [2.75, 3.05) is 26.7 Å². The first-order valence-electron chi connectivity index (χ1n) is 8.00. The third kappa shape index (κ3) is 7.05. The normalized spacial score (nSPS) is 13.7. The average molecular weight is 294 g/mol. The van der Waals surface area contributed by atoms with Gasteiger partial charge < -0.3 is 10.2 Å². The highest BCUT2D eigenvalue weighted by Crippen LogP contribution is 2.21. The average Bonchev–Trinajstić information content (AvgIpc) is 2.38. The van der Waals surface area contributed by atoms with Crippen molar-refractivity contribution in [2.24, 2.45) is 5.41 Å². The van der Waals surface area contributed by atoms with E-state index in [1.54, 1.807) is 12.1 Å². The molecule has 0 amide bonds. The van der Waals surface area contributed by atoms with Gasteiger partial charge in [-0.2, -0.15) is 0 Å². The van der Waals surface area contributed by atoms with Gasteiger partial charge in [-0.3, -0.25) is 0 Å². The predicted octanol–water partition coefficient (Wildman–Crippen LogP) is 4.23. The van der Waals surface area contributed by atoms with Gasteiger partial charge in [0.1, 0.15) is 5.82 Å². The highest BCUT2D eigenvalue weighted by atomic mass is 19.1. The Morgan fingerprint density at radius 1 is 1.24 bits per heavy atom. The van der Waals surface area contributed by atoms with Crippen LogP contribution in [-0.2, 0) is 0 Å². The van der Waals surface area contributed by atoms with Gasteiger partial charge >= 0.3 is 0 Å². The van der Waals surface area contributed by atoms with Gasteiger partial charge in [-0.1, -0.05) is 45.9 Å². The molecular weight excluding hydrogens is 263 g/mol. The molecule has 2 nitrogen and oxygen atoms in total. The van der Waals surface area contributed by atoms with Crippen LogP contribution in [-0.4, -0.2) is 31.6 Å². The van der Waals surface area contributed by atoms with E-state index in [0.717, 1.165) is 38.0 Å². The summed E-state index contributed by atoms with van der Waals surface area (Å²) in [4.78, 5) is 2.33. The first kappa shape index (κ1) is 18.1. The molecular formula is C18H31FN2. The van der Waals surface area contributed by atoms with Crippen LogP contribution < -0.4 is 5.32 Å². The minimum atomic E-state index is -0.107. The Morgan fingerprint density at radius 3 is 2.48 bits per heavy atom. The topological polar surface area (TPSA) is 15.3 Å². The van der Waals surface area contributed by atoms with Gasteiger partial charge in [-0.15, -0.1) is 0 Å². The molecule has 0 saturated heterocycles. The van der Waals surface area contributed by atoms with Crippen LogP contribution in [0.5, 0.6) is 0 Å². The fourth-order valence-electron chi connectivity index (χ4n) is 2.68. The molecule has 0 fully saturated rings. The van der Waals surface area contributed by atoms with Gasteiger partial charge in [0, 0.05) is 18.2 Å². The van der Waals surface area contributed by atoms with E-state index in [9.17, 15) is 4.39 Å². The van der Waals surface area contributed by atoms with Crippen molar-refractivity contribution < 1.29 is 4.39 Å². The molecule has 0 saturated carbocycles. The lowest BCUT2D eigenvalue weighted by Gasteiger charge is -2.28. The predicted molar refractivity (Wildman–Crippen MR) is 89.0 cm³/mol. The van der Waals surface area contributed by atoms with Crippen molar-refractivity contribution >= 4 is 0 Å². The number of nitrogens with one attached hydrogen (secondary N) is 1. The van der Waals surface area contributed by atoms with Crippen LogP contribution in [0, 0.1) is 11.2 Å². The van der Waals surface area contributed by atoms with Gasteiger partial charge in [0.2, 0.25) is 0 Å². The van der Waals surface area contributed by atoms with E-state index < -0.39 is 0 Å². The molecule has 0 radical (unpaired) electrons. The van der Waals surface area contributed by atoms with Gasteiger partial charge in [-0.05, 0) is 44.5 Å². The highest BCUT2D eigenvalue weighted by molar-refractivity contribution is 5.21. The molecule has 0 aliphatic heterocycles. The zero-order valence-corrected chi connectivity index (χ0v) is 14.2. The van der Waals surface area contributed by atoms with Crippen LogP contribution in [0.4, 0.5) is 4.39 Å². The van der Waals surface area contributed by atoms with Crippen LogP contribution in [0.2, 0.25) is 0 Å². The Labute approximate surface area is 129 Å². The van der Waals surface area contributed by atoms with Crippen LogP contribution in [0.25, 0.3) is 0 Å². The zero-order valence-electron chi connectivity index (χ0n) is 14.2. The van der Waals surface area contributed by atoms with E-state index in [1.165, 1.54) is 0 Å². The minimum Gasteiger partial charge on any atom is -0.310 e. The Morgan fingerprint density at radius 2 is 1.90 bits per heavy atom. The Kier molecular flexibility index (Phi) is 7.33. The molecule has 0 heterocycles. The molecule has 3 heteroatoms. The second-order valence-electron chi connectivity index (χ2n) is 7.12. The standard InChI is InChI=1S/C18H31FN2/c1-6-12-20-17(15-9-7-8-10-16(15)19)11-13-21(5)14-18(2,3)4/h7-10,17,20H,6,11-14H2,1-5H3. The summed E-state index contributed by atoms with van der Waals surface area (Å²) in [7, 11) is 2.14. The lowest BCUT2D eigenvalue weighted by molar-refractivity contribution is 0.217. The Balaban J connectivity index is 2.65. The fourth-order valence-corrected chi connectivity index (χ4v) is 2.68. The monoisotopic (exact) mass is 294 g/mol. The van der Waals surface area contributed by atoms with Crippen LogP contribution in [0.3, 0.4) is 0 Å². The summed E-state index contributed by atoms with van der Waals surface area (Å²) in [6.07, 6.45) is 1.98. The summed E-state index contributed by atoms with van der Waals surface area (Å²) >= 11 is 0. The van der Waals surface area contributed by atoms with E-state index in [4.69, 9.17) is 0 Å². The number of hydrogen-bond donors (Lipinski definition) is 1. The van der Waals surface area contributed by atoms with E-state index in [1.807, 2.05) is 12.1 Å². The Bertz CT molecular complexity index is 412. The smallest absolute Gasteiger partial charge is 0.127 e. The Hall–Kier alpha value is -0.930. The van der Waals surface area contributed by atoms with Crippen LogP contribution in [0.1, 0.15) is 52.1 Å². The van der Waals surface area contributed by atoms with Crippen molar-refractivity contribution in [3.05, 3.63) is 35.6 Å². The number of nitrogens with zero attached hydrogens (tertiary/aromatic N) is 1. The van der Waals surface area contributed by atoms with Gasteiger partial charge in [0.05, 0.1) is 0 Å². The second kappa shape index (κ2) is 8.50. The zero-order chi connectivity index (χ0) is 15.9. The van der Waals surface area contributed by atoms with E-state index in [-0.39, 0.29) is 11.9 Å². The molecule has 21 heavy (non-hydrogen) atoms. The van der Waals surface area contributed by atoms with Crippen molar-refractivity contribution in [3.63, 3.8) is 0 Å². The van der Waals surface area contributed by atoms with Crippen LogP contribution in [0.15, 0.2) is 24.3 Å². The van der Waals surface area contributed by atoms with Crippen molar-refractivity contribution in [2.45, 2.75) is 46.6 Å².